The number of H-pyrrole nitrogens is 1. The van der Waals surface area contributed by atoms with E-state index in [9.17, 15) is 9.00 Å². The lowest BCUT2D eigenvalue weighted by Gasteiger charge is -2.25. The normalized spacial score (nSPS) is 18.4. The Morgan fingerprint density at radius 2 is 2.21 bits per heavy atom. The molecule has 1 aromatic heterocycles. The maximum Gasteiger partial charge on any atom is 0.291 e. The number of nitrogens with one attached hydrogen (secondary N) is 1. The molecule has 1 aliphatic heterocycles. The van der Waals surface area contributed by atoms with E-state index in [2.05, 4.69) is 15.2 Å². The Bertz CT molecular complexity index is 341. The van der Waals surface area contributed by atoms with Crippen LogP contribution in [0.25, 0.3) is 0 Å². The first-order chi connectivity index (χ1) is 6.77. The second-order valence-corrected chi connectivity index (χ2v) is 4.67. The molecule has 0 unspecified atom stereocenters. The molecule has 1 fully saturated rings. The van der Waals surface area contributed by atoms with Crippen molar-refractivity contribution in [2.45, 2.75) is 0 Å². The third kappa shape index (κ3) is 1.82. The summed E-state index contributed by atoms with van der Waals surface area (Å²) in [5, 5.41) is 6.13. The summed E-state index contributed by atoms with van der Waals surface area (Å²) in [6.45, 7) is 1.07. The molecule has 1 saturated heterocycles. The first kappa shape index (κ1) is 9.32. The largest absolute Gasteiger partial charge is 0.334 e. The van der Waals surface area contributed by atoms with Crippen molar-refractivity contribution in [2.75, 3.05) is 24.6 Å². The van der Waals surface area contributed by atoms with Gasteiger partial charge in [0.15, 0.2) is 0 Å². The lowest BCUT2D eigenvalue weighted by atomic mass is 10.4. The third-order valence-corrected chi connectivity index (χ3v) is 3.36. The fourth-order valence-electron chi connectivity index (χ4n) is 1.30. The zero-order chi connectivity index (χ0) is 9.97. The molecule has 0 aliphatic carbocycles. The number of rotatable bonds is 1. The Morgan fingerprint density at radius 1 is 1.50 bits per heavy atom. The van der Waals surface area contributed by atoms with Crippen molar-refractivity contribution < 1.29 is 9.00 Å². The minimum atomic E-state index is -0.764. The molecule has 0 bridgehead atoms. The summed E-state index contributed by atoms with van der Waals surface area (Å²) in [4.78, 5) is 17.1. The predicted molar refractivity (Wildman–Crippen MR) is 50.2 cm³/mol. The molecule has 1 amide bonds. The average molecular weight is 214 g/mol. The molecule has 0 spiro atoms. The smallest absolute Gasteiger partial charge is 0.291 e. The number of amides is 1. The molecule has 14 heavy (non-hydrogen) atoms. The molecule has 0 aromatic carbocycles. The van der Waals surface area contributed by atoms with Crippen molar-refractivity contribution in [2.24, 2.45) is 0 Å². The number of carbonyl (C=O) groups excluding carboxylic acids is 1. The van der Waals surface area contributed by atoms with Gasteiger partial charge in [-0.1, -0.05) is 0 Å². The fourth-order valence-corrected chi connectivity index (χ4v) is 2.35. The van der Waals surface area contributed by atoms with Gasteiger partial charge in [-0.05, 0) is 0 Å². The van der Waals surface area contributed by atoms with Crippen molar-refractivity contribution in [1.82, 2.24) is 20.1 Å². The quantitative estimate of drug-likeness (QED) is 0.651. The second kappa shape index (κ2) is 3.87. The monoisotopic (exact) mass is 214 g/mol. The maximum atomic E-state index is 11.7. The van der Waals surface area contributed by atoms with E-state index in [0.717, 1.165) is 0 Å². The number of nitrogens with zero attached hydrogens (tertiary/aromatic N) is 3. The molecule has 1 aliphatic rings. The maximum absolute atomic E-state index is 11.7. The van der Waals surface area contributed by atoms with Gasteiger partial charge < -0.3 is 4.90 Å². The number of carbonyl (C=O) groups is 1. The van der Waals surface area contributed by atoms with Crippen LogP contribution in [-0.4, -0.2) is 54.8 Å². The topological polar surface area (TPSA) is 79.0 Å². The minimum absolute atomic E-state index is 0.167. The highest BCUT2D eigenvalue weighted by Crippen LogP contribution is 2.03. The van der Waals surface area contributed by atoms with E-state index >= 15 is 0 Å². The summed E-state index contributed by atoms with van der Waals surface area (Å²) in [6.07, 6.45) is 1.30. The molecule has 76 valence electrons. The molecular formula is C7H10N4O2S. The molecule has 1 N–H and O–H groups in total. The van der Waals surface area contributed by atoms with Crippen molar-refractivity contribution in [3.63, 3.8) is 0 Å². The van der Waals surface area contributed by atoms with Gasteiger partial charge in [0.2, 0.25) is 5.82 Å². The Morgan fingerprint density at radius 3 is 2.79 bits per heavy atom. The van der Waals surface area contributed by atoms with E-state index in [0.29, 0.717) is 24.6 Å². The van der Waals surface area contributed by atoms with Gasteiger partial charge in [0, 0.05) is 35.4 Å². The van der Waals surface area contributed by atoms with Crippen LogP contribution in [0.15, 0.2) is 6.33 Å². The lowest BCUT2D eigenvalue weighted by Crippen LogP contribution is -2.42. The molecule has 6 nitrogen and oxygen atoms in total. The first-order valence-electron chi connectivity index (χ1n) is 4.27. The summed E-state index contributed by atoms with van der Waals surface area (Å²) < 4.78 is 11.1. The number of hydrogen-bond acceptors (Lipinski definition) is 4. The minimum Gasteiger partial charge on any atom is -0.334 e. The van der Waals surface area contributed by atoms with Crippen LogP contribution in [0.2, 0.25) is 0 Å². The molecule has 0 saturated carbocycles. The van der Waals surface area contributed by atoms with Crippen LogP contribution in [0.3, 0.4) is 0 Å². The molecule has 2 heterocycles. The van der Waals surface area contributed by atoms with Crippen molar-refractivity contribution in [1.29, 1.82) is 0 Å². The summed E-state index contributed by atoms with van der Waals surface area (Å²) in [6, 6.07) is 0. The summed E-state index contributed by atoms with van der Waals surface area (Å²) in [5.41, 5.74) is 0. The molecule has 7 heteroatoms. The fraction of sp³-hybridized carbons (Fsp3) is 0.571. The van der Waals surface area contributed by atoms with Crippen LogP contribution in [0.5, 0.6) is 0 Å². The highest BCUT2D eigenvalue weighted by atomic mass is 32.2. The van der Waals surface area contributed by atoms with E-state index in [4.69, 9.17) is 0 Å². The van der Waals surface area contributed by atoms with E-state index in [-0.39, 0.29) is 11.7 Å². The SMILES string of the molecule is O=C(c1ncn[nH]1)N1CCS(=O)CC1. The molecule has 1 aromatic rings. The third-order valence-electron chi connectivity index (χ3n) is 2.08. The zero-order valence-corrected chi connectivity index (χ0v) is 8.29. The zero-order valence-electron chi connectivity index (χ0n) is 7.47. The van der Waals surface area contributed by atoms with Crippen molar-refractivity contribution in [3.8, 4) is 0 Å². The van der Waals surface area contributed by atoms with E-state index in [1.165, 1.54) is 6.33 Å². The van der Waals surface area contributed by atoms with Gasteiger partial charge in [-0.15, -0.1) is 0 Å². The van der Waals surface area contributed by atoms with Crippen LogP contribution in [0, 0.1) is 0 Å². The van der Waals surface area contributed by atoms with E-state index in [1.807, 2.05) is 0 Å². The second-order valence-electron chi connectivity index (χ2n) is 2.97. The number of aromatic nitrogens is 3. The van der Waals surface area contributed by atoms with Gasteiger partial charge in [0.25, 0.3) is 5.91 Å². The molecule has 0 radical (unpaired) electrons. The lowest BCUT2D eigenvalue weighted by molar-refractivity contribution is 0.0759. The van der Waals surface area contributed by atoms with Gasteiger partial charge in [0.1, 0.15) is 6.33 Å². The van der Waals surface area contributed by atoms with Gasteiger partial charge in [-0.25, -0.2) is 4.98 Å². The Labute approximate surface area is 83.2 Å². The van der Waals surface area contributed by atoms with Crippen molar-refractivity contribution in [3.05, 3.63) is 12.2 Å². The summed E-state index contributed by atoms with van der Waals surface area (Å²) in [5.74, 6) is 1.19. The van der Waals surface area contributed by atoms with Crippen LogP contribution in [-0.2, 0) is 10.8 Å². The number of hydrogen-bond donors (Lipinski definition) is 1. The van der Waals surface area contributed by atoms with Crippen LogP contribution >= 0.6 is 0 Å². The van der Waals surface area contributed by atoms with Gasteiger partial charge in [-0.2, -0.15) is 5.10 Å². The average Bonchev–Trinajstić information content (AvgIpc) is 2.71. The van der Waals surface area contributed by atoms with E-state index in [1.54, 1.807) is 4.90 Å². The van der Waals surface area contributed by atoms with Crippen LogP contribution in [0.4, 0.5) is 0 Å². The van der Waals surface area contributed by atoms with Crippen LogP contribution in [0.1, 0.15) is 10.6 Å². The summed E-state index contributed by atoms with van der Waals surface area (Å²) >= 11 is 0. The highest BCUT2D eigenvalue weighted by molar-refractivity contribution is 7.85. The Kier molecular flexibility index (Phi) is 2.58. The Balaban J connectivity index is 2.03. The standard InChI is InChI=1S/C7H10N4O2S/c12-7(6-8-5-9-10-6)11-1-3-14(13)4-2-11/h5H,1-4H2,(H,8,9,10). The summed E-state index contributed by atoms with van der Waals surface area (Å²) in [7, 11) is -0.764. The van der Waals surface area contributed by atoms with Gasteiger partial charge in [-0.3, -0.25) is 14.1 Å². The molecule has 2 rings (SSSR count). The number of aromatic amines is 1. The predicted octanol–water partition coefficient (Wildman–Crippen LogP) is -0.991. The van der Waals surface area contributed by atoms with Crippen LogP contribution < -0.4 is 0 Å². The molecular weight excluding hydrogens is 204 g/mol. The Hall–Kier alpha value is -1.24. The highest BCUT2D eigenvalue weighted by Gasteiger charge is 2.22. The van der Waals surface area contributed by atoms with Gasteiger partial charge >= 0.3 is 0 Å². The first-order valence-corrected chi connectivity index (χ1v) is 5.76. The molecule has 0 atom stereocenters. The van der Waals surface area contributed by atoms with Crippen molar-refractivity contribution >= 4 is 16.7 Å². The van der Waals surface area contributed by atoms with Gasteiger partial charge in [0.05, 0.1) is 0 Å². The van der Waals surface area contributed by atoms with E-state index < -0.39 is 10.8 Å².